The van der Waals surface area contributed by atoms with Crippen LogP contribution in [-0.2, 0) is 14.3 Å². The van der Waals surface area contributed by atoms with E-state index in [2.05, 4.69) is 10.6 Å². The van der Waals surface area contributed by atoms with E-state index in [1.807, 2.05) is 0 Å². The number of para-hydroxylation sites is 2. The molecule has 176 valence electrons. The molecule has 0 atom stereocenters. The second kappa shape index (κ2) is 11.7. The lowest BCUT2D eigenvalue weighted by molar-refractivity contribution is -0.119. The first-order valence-corrected chi connectivity index (χ1v) is 10.3. The summed E-state index contributed by atoms with van der Waals surface area (Å²) in [5.74, 6) is -2.10. The van der Waals surface area contributed by atoms with Gasteiger partial charge in [0.2, 0.25) is 0 Å². The summed E-state index contributed by atoms with van der Waals surface area (Å²) < 4.78 is 29.2. The molecule has 2 N–H and O–H groups in total. The molecule has 0 aliphatic carbocycles. The van der Waals surface area contributed by atoms with E-state index in [9.17, 15) is 18.8 Å². The van der Waals surface area contributed by atoms with E-state index in [1.165, 1.54) is 43.5 Å². The van der Waals surface area contributed by atoms with Crippen molar-refractivity contribution in [3.8, 4) is 11.5 Å². The van der Waals surface area contributed by atoms with Crippen molar-refractivity contribution in [2.45, 2.75) is 0 Å². The summed E-state index contributed by atoms with van der Waals surface area (Å²) in [6.45, 7) is -1.04. The highest BCUT2D eigenvalue weighted by atomic mass is 35.5. The number of ether oxygens (including phenoxy) is 3. The van der Waals surface area contributed by atoms with Gasteiger partial charge in [0.05, 0.1) is 17.8 Å². The Labute approximate surface area is 199 Å². The number of methoxy groups -OCH3 is 1. The Bertz CT molecular complexity index is 1200. The van der Waals surface area contributed by atoms with Gasteiger partial charge in [0.1, 0.15) is 22.9 Å². The van der Waals surface area contributed by atoms with Crippen LogP contribution in [0.4, 0.5) is 15.8 Å². The standard InChI is InChI=1S/C24H20ClFN2O6/c1-32-21-11-10-15(12-17(21)25)27-22(29)14-34-24(31)16-6-2-5-9-20(16)33-13-23(30)28-19-8-4-3-7-18(19)26/h2-12H,13-14H2,1H3,(H,27,29)(H,28,30). The fourth-order valence-electron chi connectivity index (χ4n) is 2.80. The van der Waals surface area contributed by atoms with E-state index in [0.717, 1.165) is 0 Å². The maximum absolute atomic E-state index is 13.7. The Morgan fingerprint density at radius 1 is 0.882 bits per heavy atom. The number of carbonyl (C=O) groups excluding carboxylic acids is 3. The molecule has 3 aromatic rings. The van der Waals surface area contributed by atoms with Gasteiger partial charge in [-0.1, -0.05) is 35.9 Å². The van der Waals surface area contributed by atoms with Crippen molar-refractivity contribution < 1.29 is 33.0 Å². The summed E-state index contributed by atoms with van der Waals surface area (Å²) in [5, 5.41) is 5.24. The van der Waals surface area contributed by atoms with Crippen LogP contribution in [0.3, 0.4) is 0 Å². The van der Waals surface area contributed by atoms with Gasteiger partial charge >= 0.3 is 5.97 Å². The topological polar surface area (TPSA) is 103 Å². The largest absolute Gasteiger partial charge is 0.495 e. The van der Waals surface area contributed by atoms with Crippen LogP contribution in [0.15, 0.2) is 66.7 Å². The third-order valence-electron chi connectivity index (χ3n) is 4.38. The molecular weight excluding hydrogens is 467 g/mol. The fraction of sp³-hybridized carbons (Fsp3) is 0.125. The number of amides is 2. The van der Waals surface area contributed by atoms with Crippen molar-refractivity contribution in [2.24, 2.45) is 0 Å². The number of carbonyl (C=O) groups is 3. The highest BCUT2D eigenvalue weighted by Gasteiger charge is 2.17. The maximum Gasteiger partial charge on any atom is 0.342 e. The molecule has 0 aliphatic rings. The summed E-state index contributed by atoms with van der Waals surface area (Å²) in [6, 6.07) is 16.4. The number of rotatable bonds is 9. The molecule has 0 spiro atoms. The molecule has 0 radical (unpaired) electrons. The van der Waals surface area contributed by atoms with Crippen molar-refractivity contribution in [2.75, 3.05) is 31.0 Å². The SMILES string of the molecule is COc1ccc(NC(=O)COC(=O)c2ccccc2OCC(=O)Nc2ccccc2F)cc1Cl. The molecule has 0 fully saturated rings. The number of halogens is 2. The van der Waals surface area contributed by atoms with Gasteiger partial charge in [-0.05, 0) is 42.5 Å². The zero-order valence-electron chi connectivity index (χ0n) is 18.0. The highest BCUT2D eigenvalue weighted by Crippen LogP contribution is 2.27. The predicted molar refractivity (Wildman–Crippen MR) is 124 cm³/mol. The first-order chi connectivity index (χ1) is 16.4. The smallest absolute Gasteiger partial charge is 0.342 e. The summed E-state index contributed by atoms with van der Waals surface area (Å²) in [4.78, 5) is 36.7. The minimum Gasteiger partial charge on any atom is -0.495 e. The minimum atomic E-state index is -0.826. The van der Waals surface area contributed by atoms with Gasteiger partial charge in [-0.15, -0.1) is 0 Å². The molecule has 0 saturated heterocycles. The molecule has 0 heterocycles. The number of hydrogen-bond donors (Lipinski definition) is 2. The van der Waals surface area contributed by atoms with Crippen LogP contribution in [0.1, 0.15) is 10.4 Å². The third-order valence-corrected chi connectivity index (χ3v) is 4.68. The predicted octanol–water partition coefficient (Wildman–Crippen LogP) is 4.30. The van der Waals surface area contributed by atoms with Crippen LogP contribution < -0.4 is 20.1 Å². The van der Waals surface area contributed by atoms with Crippen LogP contribution in [0.2, 0.25) is 5.02 Å². The number of nitrogens with one attached hydrogen (secondary N) is 2. The quantitative estimate of drug-likeness (QED) is 0.437. The second-order valence-electron chi connectivity index (χ2n) is 6.79. The molecular formula is C24H20ClFN2O6. The zero-order valence-corrected chi connectivity index (χ0v) is 18.7. The Balaban J connectivity index is 1.54. The molecule has 3 aromatic carbocycles. The van der Waals surface area contributed by atoms with Crippen molar-refractivity contribution in [3.63, 3.8) is 0 Å². The molecule has 2 amide bonds. The van der Waals surface area contributed by atoms with E-state index in [0.29, 0.717) is 16.5 Å². The Morgan fingerprint density at radius 2 is 1.59 bits per heavy atom. The summed E-state index contributed by atoms with van der Waals surface area (Å²) in [6.07, 6.45) is 0. The zero-order chi connectivity index (χ0) is 24.5. The van der Waals surface area contributed by atoms with Gasteiger partial charge < -0.3 is 24.8 Å². The van der Waals surface area contributed by atoms with Crippen molar-refractivity contribution in [1.29, 1.82) is 0 Å². The van der Waals surface area contributed by atoms with E-state index >= 15 is 0 Å². The molecule has 0 aromatic heterocycles. The van der Waals surface area contributed by atoms with E-state index in [-0.39, 0.29) is 17.0 Å². The third kappa shape index (κ3) is 6.69. The van der Waals surface area contributed by atoms with Crippen molar-refractivity contribution in [3.05, 3.63) is 83.1 Å². The average Bonchev–Trinajstić information content (AvgIpc) is 2.83. The van der Waals surface area contributed by atoms with E-state index < -0.39 is 36.8 Å². The lowest BCUT2D eigenvalue weighted by Gasteiger charge is -2.12. The van der Waals surface area contributed by atoms with Crippen LogP contribution >= 0.6 is 11.6 Å². The summed E-state index contributed by atoms with van der Waals surface area (Å²) in [5.41, 5.74) is 0.422. The van der Waals surface area contributed by atoms with Gasteiger partial charge in [0, 0.05) is 5.69 Å². The maximum atomic E-state index is 13.7. The van der Waals surface area contributed by atoms with E-state index in [1.54, 1.807) is 30.3 Å². The van der Waals surface area contributed by atoms with Crippen molar-refractivity contribution in [1.82, 2.24) is 0 Å². The average molecular weight is 487 g/mol. The fourth-order valence-corrected chi connectivity index (χ4v) is 3.06. The Morgan fingerprint density at radius 3 is 2.32 bits per heavy atom. The minimum absolute atomic E-state index is 0.00737. The first-order valence-electron chi connectivity index (χ1n) is 9.94. The molecule has 0 saturated carbocycles. The number of benzene rings is 3. The molecule has 34 heavy (non-hydrogen) atoms. The highest BCUT2D eigenvalue weighted by molar-refractivity contribution is 6.32. The van der Waals surface area contributed by atoms with Gasteiger partial charge in [0.25, 0.3) is 11.8 Å². The van der Waals surface area contributed by atoms with Crippen molar-refractivity contribution >= 4 is 40.8 Å². The Hall–Kier alpha value is -4.11. The van der Waals surface area contributed by atoms with Crippen LogP contribution in [0, 0.1) is 5.82 Å². The summed E-state index contributed by atoms with van der Waals surface area (Å²) in [7, 11) is 1.47. The second-order valence-corrected chi connectivity index (χ2v) is 7.19. The lowest BCUT2D eigenvalue weighted by atomic mass is 10.2. The van der Waals surface area contributed by atoms with E-state index in [4.69, 9.17) is 25.8 Å². The van der Waals surface area contributed by atoms with Crippen LogP contribution in [-0.4, -0.2) is 38.1 Å². The molecule has 0 bridgehead atoms. The van der Waals surface area contributed by atoms with Gasteiger partial charge in [-0.2, -0.15) is 0 Å². The molecule has 8 nitrogen and oxygen atoms in total. The van der Waals surface area contributed by atoms with Gasteiger partial charge in [0.15, 0.2) is 13.2 Å². The number of esters is 1. The first kappa shape index (κ1) is 24.5. The Kier molecular flexibility index (Phi) is 8.42. The van der Waals surface area contributed by atoms with Gasteiger partial charge in [-0.3, -0.25) is 9.59 Å². The summed E-state index contributed by atoms with van der Waals surface area (Å²) >= 11 is 6.02. The molecule has 0 unspecified atom stereocenters. The monoisotopic (exact) mass is 486 g/mol. The number of hydrogen-bond acceptors (Lipinski definition) is 6. The van der Waals surface area contributed by atoms with Crippen LogP contribution in [0.5, 0.6) is 11.5 Å². The normalized spacial score (nSPS) is 10.2. The molecule has 10 heteroatoms. The van der Waals surface area contributed by atoms with Crippen LogP contribution in [0.25, 0.3) is 0 Å². The lowest BCUT2D eigenvalue weighted by Crippen LogP contribution is -2.23. The number of anilines is 2. The molecule has 3 rings (SSSR count). The molecule has 0 aliphatic heterocycles. The van der Waals surface area contributed by atoms with Gasteiger partial charge in [-0.25, -0.2) is 9.18 Å².